The third-order valence-electron chi connectivity index (χ3n) is 3.13. The Labute approximate surface area is 129 Å². The van der Waals surface area contributed by atoms with Crippen LogP contribution in [0.2, 0.25) is 0 Å². The van der Waals surface area contributed by atoms with Gasteiger partial charge in [-0.15, -0.1) is 11.3 Å². The van der Waals surface area contributed by atoms with Gasteiger partial charge in [-0.25, -0.2) is 0 Å². The molecule has 0 radical (unpaired) electrons. The first-order valence-electron chi connectivity index (χ1n) is 7.12. The molecule has 0 saturated heterocycles. The van der Waals surface area contributed by atoms with Crippen LogP contribution in [-0.4, -0.2) is 28.8 Å². The topological polar surface area (TPSA) is 59.0 Å². The van der Waals surface area contributed by atoms with Crippen LogP contribution in [0, 0.1) is 0 Å². The Kier molecular flexibility index (Phi) is 5.52. The maximum absolute atomic E-state index is 11.7. The zero-order valence-corrected chi connectivity index (χ0v) is 13.5. The largest absolute Gasteiger partial charge is 0.350 e. The average molecular weight is 306 g/mol. The summed E-state index contributed by atoms with van der Waals surface area (Å²) in [5.41, 5.74) is 2.35. The van der Waals surface area contributed by atoms with Crippen molar-refractivity contribution in [2.75, 3.05) is 13.1 Å². The van der Waals surface area contributed by atoms with Gasteiger partial charge in [-0.05, 0) is 17.4 Å². The number of nitrogens with one attached hydrogen (secondary N) is 2. The standard InChI is InChI=1S/C15H22N4OS/c1-11(2)14-12(10-19(3)18-14)9-16-6-7-17-15(20)13-5-4-8-21-13/h4-5,8,10-11,16H,6-7,9H2,1-3H3,(H,17,20). The Morgan fingerprint density at radius 3 is 2.90 bits per heavy atom. The Morgan fingerprint density at radius 1 is 1.43 bits per heavy atom. The molecule has 0 saturated carbocycles. The van der Waals surface area contributed by atoms with Crippen LogP contribution in [-0.2, 0) is 13.6 Å². The smallest absolute Gasteiger partial charge is 0.261 e. The number of aromatic nitrogens is 2. The molecular formula is C15H22N4OS. The van der Waals surface area contributed by atoms with Crippen molar-refractivity contribution in [3.05, 3.63) is 39.8 Å². The van der Waals surface area contributed by atoms with E-state index in [0.29, 0.717) is 12.5 Å². The summed E-state index contributed by atoms with van der Waals surface area (Å²) in [5.74, 6) is 0.414. The van der Waals surface area contributed by atoms with Gasteiger partial charge in [0.25, 0.3) is 5.91 Å². The van der Waals surface area contributed by atoms with E-state index in [4.69, 9.17) is 0 Å². The summed E-state index contributed by atoms with van der Waals surface area (Å²) in [6.07, 6.45) is 2.05. The molecule has 0 spiro atoms. The summed E-state index contributed by atoms with van der Waals surface area (Å²) in [6.45, 7) is 6.42. The average Bonchev–Trinajstić information content (AvgIpc) is 3.07. The molecule has 0 bridgehead atoms. The van der Waals surface area contributed by atoms with E-state index < -0.39 is 0 Å². The zero-order valence-electron chi connectivity index (χ0n) is 12.7. The van der Waals surface area contributed by atoms with Crippen LogP contribution in [0.5, 0.6) is 0 Å². The highest BCUT2D eigenvalue weighted by molar-refractivity contribution is 7.12. The van der Waals surface area contributed by atoms with E-state index in [-0.39, 0.29) is 5.91 Å². The van der Waals surface area contributed by atoms with Crippen LogP contribution in [0.25, 0.3) is 0 Å². The van der Waals surface area contributed by atoms with E-state index in [1.54, 1.807) is 0 Å². The Balaban J connectivity index is 1.72. The highest BCUT2D eigenvalue weighted by Crippen LogP contribution is 2.16. The SMILES string of the molecule is CC(C)c1nn(C)cc1CNCCNC(=O)c1cccs1. The van der Waals surface area contributed by atoms with E-state index in [2.05, 4.69) is 29.6 Å². The Hall–Kier alpha value is -1.66. The van der Waals surface area contributed by atoms with Gasteiger partial charge in [-0.1, -0.05) is 19.9 Å². The molecule has 0 unspecified atom stereocenters. The number of rotatable bonds is 7. The summed E-state index contributed by atoms with van der Waals surface area (Å²) in [5, 5.41) is 12.6. The molecule has 2 N–H and O–H groups in total. The molecule has 21 heavy (non-hydrogen) atoms. The predicted octanol–water partition coefficient (Wildman–Crippen LogP) is 2.12. The summed E-state index contributed by atoms with van der Waals surface area (Å²) in [4.78, 5) is 12.5. The van der Waals surface area contributed by atoms with Gasteiger partial charge in [0.15, 0.2) is 0 Å². The maximum atomic E-state index is 11.7. The number of nitrogens with zero attached hydrogens (tertiary/aromatic N) is 2. The van der Waals surface area contributed by atoms with Gasteiger partial charge in [-0.3, -0.25) is 9.48 Å². The first-order chi connectivity index (χ1) is 10.1. The molecule has 2 heterocycles. The number of hydrogen-bond donors (Lipinski definition) is 2. The van der Waals surface area contributed by atoms with Crippen molar-refractivity contribution >= 4 is 17.2 Å². The van der Waals surface area contributed by atoms with Crippen LogP contribution < -0.4 is 10.6 Å². The molecular weight excluding hydrogens is 284 g/mol. The third-order valence-corrected chi connectivity index (χ3v) is 4.00. The van der Waals surface area contributed by atoms with Gasteiger partial charge in [0.1, 0.15) is 0 Å². The minimum Gasteiger partial charge on any atom is -0.350 e. The van der Waals surface area contributed by atoms with E-state index in [0.717, 1.165) is 23.7 Å². The summed E-state index contributed by atoms with van der Waals surface area (Å²) < 4.78 is 1.85. The molecule has 0 aromatic carbocycles. The fourth-order valence-electron chi connectivity index (χ4n) is 2.16. The van der Waals surface area contributed by atoms with E-state index >= 15 is 0 Å². The van der Waals surface area contributed by atoms with Crippen molar-refractivity contribution in [2.24, 2.45) is 7.05 Å². The number of amides is 1. The molecule has 0 aliphatic rings. The molecule has 5 nitrogen and oxygen atoms in total. The van der Waals surface area contributed by atoms with Crippen LogP contribution in [0.1, 0.15) is 40.7 Å². The van der Waals surface area contributed by atoms with Crippen molar-refractivity contribution < 1.29 is 4.79 Å². The highest BCUT2D eigenvalue weighted by Gasteiger charge is 2.10. The van der Waals surface area contributed by atoms with Gasteiger partial charge in [0, 0.05) is 38.4 Å². The minimum atomic E-state index is -0.00366. The lowest BCUT2D eigenvalue weighted by Gasteiger charge is -2.07. The molecule has 0 aliphatic heterocycles. The van der Waals surface area contributed by atoms with Gasteiger partial charge in [-0.2, -0.15) is 5.10 Å². The lowest BCUT2D eigenvalue weighted by atomic mass is 10.1. The Bertz CT molecular complexity index is 575. The zero-order chi connectivity index (χ0) is 15.2. The van der Waals surface area contributed by atoms with Gasteiger partial charge >= 0.3 is 0 Å². The van der Waals surface area contributed by atoms with Crippen molar-refractivity contribution in [3.8, 4) is 0 Å². The van der Waals surface area contributed by atoms with Crippen LogP contribution in [0.4, 0.5) is 0 Å². The quantitative estimate of drug-likeness (QED) is 0.770. The number of carbonyl (C=O) groups excluding carboxylic acids is 1. The molecule has 2 aromatic rings. The van der Waals surface area contributed by atoms with E-state index in [1.165, 1.54) is 16.9 Å². The number of hydrogen-bond acceptors (Lipinski definition) is 4. The van der Waals surface area contributed by atoms with Crippen LogP contribution in [0.3, 0.4) is 0 Å². The summed E-state index contributed by atoms with van der Waals surface area (Å²) >= 11 is 1.46. The molecule has 1 amide bonds. The first-order valence-corrected chi connectivity index (χ1v) is 8.00. The molecule has 114 valence electrons. The van der Waals surface area contributed by atoms with Gasteiger partial charge in [0.2, 0.25) is 0 Å². The number of carbonyl (C=O) groups is 1. The molecule has 0 atom stereocenters. The minimum absolute atomic E-state index is 0.00366. The van der Waals surface area contributed by atoms with Crippen LogP contribution >= 0.6 is 11.3 Å². The van der Waals surface area contributed by atoms with Gasteiger partial charge in [0.05, 0.1) is 10.6 Å². The van der Waals surface area contributed by atoms with Crippen molar-refractivity contribution in [1.82, 2.24) is 20.4 Å². The summed E-state index contributed by atoms with van der Waals surface area (Å²) in [7, 11) is 1.94. The predicted molar refractivity (Wildman–Crippen MR) is 85.7 cm³/mol. The molecule has 2 rings (SSSR count). The van der Waals surface area contributed by atoms with Gasteiger partial charge < -0.3 is 10.6 Å². The monoisotopic (exact) mass is 306 g/mol. The molecule has 2 aromatic heterocycles. The second-order valence-corrected chi connectivity index (χ2v) is 6.23. The fraction of sp³-hybridized carbons (Fsp3) is 0.467. The normalized spacial score (nSPS) is 11.0. The van der Waals surface area contributed by atoms with Crippen molar-refractivity contribution in [2.45, 2.75) is 26.3 Å². The molecule has 6 heteroatoms. The first kappa shape index (κ1) is 15.7. The molecule has 0 aliphatic carbocycles. The fourth-order valence-corrected chi connectivity index (χ4v) is 2.80. The molecule has 0 fully saturated rings. The van der Waals surface area contributed by atoms with Crippen molar-refractivity contribution in [1.29, 1.82) is 0 Å². The highest BCUT2D eigenvalue weighted by atomic mass is 32.1. The lowest BCUT2D eigenvalue weighted by Crippen LogP contribution is -2.31. The van der Waals surface area contributed by atoms with Crippen LogP contribution in [0.15, 0.2) is 23.7 Å². The third kappa shape index (κ3) is 4.41. The van der Waals surface area contributed by atoms with E-state index in [1.807, 2.05) is 35.4 Å². The Morgan fingerprint density at radius 2 is 2.24 bits per heavy atom. The lowest BCUT2D eigenvalue weighted by molar-refractivity contribution is 0.0958. The number of aryl methyl sites for hydroxylation is 1. The maximum Gasteiger partial charge on any atom is 0.261 e. The number of thiophene rings is 1. The summed E-state index contributed by atoms with van der Waals surface area (Å²) in [6, 6.07) is 3.71. The van der Waals surface area contributed by atoms with Crippen molar-refractivity contribution in [3.63, 3.8) is 0 Å². The second-order valence-electron chi connectivity index (χ2n) is 5.28. The second kappa shape index (κ2) is 7.38. The van der Waals surface area contributed by atoms with E-state index in [9.17, 15) is 4.79 Å².